The lowest BCUT2D eigenvalue weighted by atomic mass is 10.1. The van der Waals surface area contributed by atoms with E-state index in [2.05, 4.69) is 9.72 Å². The number of hydrogen-bond acceptors (Lipinski definition) is 5. The zero-order chi connectivity index (χ0) is 13.7. The quantitative estimate of drug-likeness (QED) is 0.459. The fourth-order valence-electron chi connectivity index (χ4n) is 1.30. The average Bonchev–Trinajstić information content (AvgIpc) is 2.29. The lowest BCUT2D eigenvalue weighted by Gasteiger charge is -2.04. The zero-order valence-corrected chi connectivity index (χ0v) is 9.43. The van der Waals surface area contributed by atoms with Crippen LogP contribution in [0.2, 0.25) is 0 Å². The van der Waals surface area contributed by atoms with E-state index >= 15 is 0 Å². The standard InChI is InChI=1S/C10H10F2N2O4/c1-2-18-8(15)5-6-3-4-7(14(16)17)13-9(6)10(11)12/h3-4,10H,2,5H2,1H3. The third kappa shape index (κ3) is 3.44. The second-order valence-electron chi connectivity index (χ2n) is 3.25. The Morgan fingerprint density at radius 3 is 2.72 bits per heavy atom. The highest BCUT2D eigenvalue weighted by Gasteiger charge is 2.24. The summed E-state index contributed by atoms with van der Waals surface area (Å²) in [7, 11) is 0. The molecule has 0 spiro atoms. The van der Waals surface area contributed by atoms with Gasteiger partial charge in [-0.3, -0.25) is 4.79 Å². The predicted octanol–water partition coefficient (Wildman–Crippen LogP) is 2.03. The second-order valence-corrected chi connectivity index (χ2v) is 3.25. The van der Waals surface area contributed by atoms with Crippen molar-refractivity contribution in [1.29, 1.82) is 0 Å². The molecular weight excluding hydrogens is 250 g/mol. The van der Waals surface area contributed by atoms with Crippen LogP contribution < -0.4 is 0 Å². The van der Waals surface area contributed by atoms with Gasteiger partial charge in [0.1, 0.15) is 0 Å². The Hall–Kier alpha value is -2.12. The fraction of sp³-hybridized carbons (Fsp3) is 0.400. The minimum atomic E-state index is -2.99. The highest BCUT2D eigenvalue weighted by Crippen LogP contribution is 2.24. The molecule has 0 atom stereocenters. The molecule has 1 aromatic heterocycles. The van der Waals surface area contributed by atoms with Crippen molar-refractivity contribution >= 4 is 11.8 Å². The highest BCUT2D eigenvalue weighted by atomic mass is 19.3. The van der Waals surface area contributed by atoms with Gasteiger partial charge in [0.25, 0.3) is 0 Å². The highest BCUT2D eigenvalue weighted by molar-refractivity contribution is 5.73. The number of ether oxygens (including phenoxy) is 1. The van der Waals surface area contributed by atoms with Crippen molar-refractivity contribution in [3.63, 3.8) is 0 Å². The van der Waals surface area contributed by atoms with E-state index in [1.165, 1.54) is 0 Å². The summed E-state index contributed by atoms with van der Waals surface area (Å²) in [6, 6.07) is 2.06. The van der Waals surface area contributed by atoms with Crippen LogP contribution in [0.3, 0.4) is 0 Å². The summed E-state index contributed by atoms with van der Waals surface area (Å²) in [5.41, 5.74) is -0.841. The fourth-order valence-corrected chi connectivity index (χ4v) is 1.30. The summed E-state index contributed by atoms with van der Waals surface area (Å²) in [6.07, 6.45) is -3.38. The molecule has 0 aliphatic heterocycles. The number of alkyl halides is 2. The van der Waals surface area contributed by atoms with Crippen LogP contribution in [0.4, 0.5) is 14.6 Å². The topological polar surface area (TPSA) is 82.3 Å². The first-order valence-corrected chi connectivity index (χ1v) is 5.03. The number of nitro groups is 1. The monoisotopic (exact) mass is 260 g/mol. The van der Waals surface area contributed by atoms with Gasteiger partial charge >= 0.3 is 18.2 Å². The molecule has 0 aliphatic carbocycles. The number of carbonyl (C=O) groups excluding carboxylic acids is 1. The third-order valence-corrected chi connectivity index (χ3v) is 2.03. The number of aromatic nitrogens is 1. The van der Waals surface area contributed by atoms with Crippen LogP contribution in [0.25, 0.3) is 0 Å². The molecule has 0 saturated heterocycles. The molecule has 0 amide bonds. The van der Waals surface area contributed by atoms with E-state index in [-0.39, 0.29) is 12.2 Å². The molecule has 0 bridgehead atoms. The Balaban J connectivity index is 3.04. The molecule has 0 aliphatic rings. The molecule has 1 heterocycles. The molecule has 1 aromatic rings. The molecule has 8 heteroatoms. The van der Waals surface area contributed by atoms with Crippen molar-refractivity contribution in [3.8, 4) is 0 Å². The Kier molecular flexibility index (Phi) is 4.64. The first kappa shape index (κ1) is 13.9. The number of rotatable bonds is 5. The molecule has 0 aromatic carbocycles. The number of pyridine rings is 1. The summed E-state index contributed by atoms with van der Waals surface area (Å²) in [5, 5.41) is 10.4. The smallest absolute Gasteiger partial charge is 0.363 e. The van der Waals surface area contributed by atoms with Crippen molar-refractivity contribution in [1.82, 2.24) is 4.98 Å². The maximum absolute atomic E-state index is 12.7. The molecule has 98 valence electrons. The second kappa shape index (κ2) is 5.99. The summed E-state index contributed by atoms with van der Waals surface area (Å²) < 4.78 is 30.0. The lowest BCUT2D eigenvalue weighted by molar-refractivity contribution is -0.389. The zero-order valence-electron chi connectivity index (χ0n) is 9.43. The van der Waals surface area contributed by atoms with E-state index < -0.39 is 35.3 Å². The molecule has 0 N–H and O–H groups in total. The minimum absolute atomic E-state index is 0.0750. The van der Waals surface area contributed by atoms with Gasteiger partial charge in [-0.2, -0.15) is 0 Å². The molecule has 0 fully saturated rings. The van der Waals surface area contributed by atoms with Crippen LogP contribution >= 0.6 is 0 Å². The predicted molar refractivity (Wildman–Crippen MR) is 56.2 cm³/mol. The Morgan fingerprint density at radius 2 is 2.22 bits per heavy atom. The first-order chi connectivity index (χ1) is 8.45. The molecule has 18 heavy (non-hydrogen) atoms. The van der Waals surface area contributed by atoms with E-state index in [4.69, 9.17) is 0 Å². The number of carbonyl (C=O) groups is 1. The lowest BCUT2D eigenvalue weighted by Crippen LogP contribution is -2.11. The van der Waals surface area contributed by atoms with E-state index in [9.17, 15) is 23.7 Å². The van der Waals surface area contributed by atoms with Gasteiger partial charge in [0, 0.05) is 11.6 Å². The van der Waals surface area contributed by atoms with Crippen molar-refractivity contribution in [2.24, 2.45) is 0 Å². The molecule has 0 saturated carbocycles. The van der Waals surface area contributed by atoms with Crippen LogP contribution in [0.5, 0.6) is 0 Å². The number of nitrogens with zero attached hydrogens (tertiary/aromatic N) is 2. The molecule has 1 rings (SSSR count). The third-order valence-electron chi connectivity index (χ3n) is 2.03. The SMILES string of the molecule is CCOC(=O)Cc1ccc([N+](=O)[O-])nc1C(F)F. The summed E-state index contributed by atoms with van der Waals surface area (Å²) in [5.74, 6) is -1.37. The Bertz CT molecular complexity index is 465. The first-order valence-electron chi connectivity index (χ1n) is 5.03. The van der Waals surface area contributed by atoms with Crippen LogP contribution in [-0.2, 0) is 16.0 Å². The van der Waals surface area contributed by atoms with Gasteiger partial charge < -0.3 is 14.9 Å². The molecule has 6 nitrogen and oxygen atoms in total. The number of esters is 1. The van der Waals surface area contributed by atoms with Gasteiger partial charge in [0.05, 0.1) is 13.0 Å². The van der Waals surface area contributed by atoms with Gasteiger partial charge in [-0.1, -0.05) is 0 Å². The van der Waals surface area contributed by atoms with E-state index in [1.807, 2.05) is 0 Å². The van der Waals surface area contributed by atoms with Crippen LogP contribution in [0, 0.1) is 10.1 Å². The number of hydrogen-bond donors (Lipinski definition) is 0. The van der Waals surface area contributed by atoms with E-state index in [1.54, 1.807) is 6.92 Å². The average molecular weight is 260 g/mol. The van der Waals surface area contributed by atoms with Crippen molar-refractivity contribution in [2.45, 2.75) is 19.8 Å². The van der Waals surface area contributed by atoms with E-state index in [0.29, 0.717) is 0 Å². The molecular formula is C10H10F2N2O4. The van der Waals surface area contributed by atoms with Gasteiger partial charge in [0.15, 0.2) is 0 Å². The summed E-state index contributed by atoms with van der Waals surface area (Å²) in [4.78, 5) is 23.9. The van der Waals surface area contributed by atoms with Gasteiger partial charge in [-0.25, -0.2) is 8.78 Å². The van der Waals surface area contributed by atoms with Crippen molar-refractivity contribution in [2.75, 3.05) is 6.61 Å². The van der Waals surface area contributed by atoms with Crippen molar-refractivity contribution < 1.29 is 23.2 Å². The van der Waals surface area contributed by atoms with Crippen LogP contribution in [0.1, 0.15) is 24.6 Å². The summed E-state index contributed by atoms with van der Waals surface area (Å²) in [6.45, 7) is 1.71. The summed E-state index contributed by atoms with van der Waals surface area (Å²) >= 11 is 0. The molecule has 0 unspecified atom stereocenters. The van der Waals surface area contributed by atoms with E-state index in [0.717, 1.165) is 12.1 Å². The maximum Gasteiger partial charge on any atom is 0.363 e. The maximum atomic E-state index is 12.7. The van der Waals surface area contributed by atoms with Crippen LogP contribution in [-0.4, -0.2) is 22.5 Å². The number of halogens is 2. The van der Waals surface area contributed by atoms with Gasteiger partial charge in [0.2, 0.25) is 5.69 Å². The normalized spacial score (nSPS) is 10.4. The van der Waals surface area contributed by atoms with Crippen LogP contribution in [0.15, 0.2) is 12.1 Å². The van der Waals surface area contributed by atoms with Gasteiger partial charge in [-0.15, -0.1) is 0 Å². The minimum Gasteiger partial charge on any atom is -0.466 e. The van der Waals surface area contributed by atoms with Gasteiger partial charge in [-0.05, 0) is 22.9 Å². The Morgan fingerprint density at radius 1 is 1.56 bits per heavy atom. The van der Waals surface area contributed by atoms with Crippen molar-refractivity contribution in [3.05, 3.63) is 33.5 Å². The largest absolute Gasteiger partial charge is 0.466 e. The Labute approximate surface area is 101 Å². The molecule has 0 radical (unpaired) electrons.